The first-order valence-corrected chi connectivity index (χ1v) is 5.27. The average molecular weight is 254 g/mol. The Morgan fingerprint density at radius 3 is 2.33 bits per heavy atom. The SMILES string of the molecule is COc1c(F)cc(C2(C(=O)O)CC2)cc1C(=O)O. The Labute approximate surface area is 102 Å². The number of hydrogen-bond donors (Lipinski definition) is 2. The second kappa shape index (κ2) is 3.97. The van der Waals surface area contributed by atoms with Gasteiger partial charge in [0.2, 0.25) is 0 Å². The van der Waals surface area contributed by atoms with E-state index in [1.165, 1.54) is 6.07 Å². The van der Waals surface area contributed by atoms with Crippen molar-refractivity contribution < 1.29 is 28.9 Å². The highest BCUT2D eigenvalue weighted by molar-refractivity contribution is 5.93. The highest BCUT2D eigenvalue weighted by Gasteiger charge is 2.52. The molecule has 0 radical (unpaired) electrons. The van der Waals surface area contributed by atoms with Crippen molar-refractivity contribution in [3.8, 4) is 5.75 Å². The van der Waals surface area contributed by atoms with Gasteiger partial charge in [0, 0.05) is 0 Å². The number of aliphatic carboxylic acids is 1. The molecule has 0 spiro atoms. The number of aromatic carboxylic acids is 1. The Kier molecular flexibility index (Phi) is 2.73. The number of methoxy groups -OCH3 is 1. The Balaban J connectivity index is 2.59. The van der Waals surface area contributed by atoms with E-state index in [1.807, 2.05) is 0 Å². The summed E-state index contributed by atoms with van der Waals surface area (Å²) in [5.41, 5.74) is -1.33. The summed E-state index contributed by atoms with van der Waals surface area (Å²) < 4.78 is 18.4. The van der Waals surface area contributed by atoms with Crippen molar-refractivity contribution in [2.45, 2.75) is 18.3 Å². The number of ether oxygens (including phenoxy) is 1. The van der Waals surface area contributed by atoms with Gasteiger partial charge >= 0.3 is 11.9 Å². The zero-order chi connectivity index (χ0) is 13.5. The second-order valence-corrected chi connectivity index (χ2v) is 4.23. The molecule has 1 aromatic carbocycles. The second-order valence-electron chi connectivity index (χ2n) is 4.23. The summed E-state index contributed by atoms with van der Waals surface area (Å²) in [6.07, 6.45) is 0.764. The van der Waals surface area contributed by atoms with Crippen LogP contribution in [0.3, 0.4) is 0 Å². The fourth-order valence-electron chi connectivity index (χ4n) is 1.99. The standard InChI is InChI=1S/C12H11FO5/c1-18-9-7(10(14)15)4-6(5-8(9)13)12(2-3-12)11(16)17/h4-5H,2-3H2,1H3,(H,14,15)(H,16,17). The molecular weight excluding hydrogens is 243 g/mol. The molecule has 0 bridgehead atoms. The van der Waals surface area contributed by atoms with Crippen molar-refractivity contribution >= 4 is 11.9 Å². The molecule has 18 heavy (non-hydrogen) atoms. The maximum atomic E-state index is 13.7. The van der Waals surface area contributed by atoms with Crippen LogP contribution in [-0.4, -0.2) is 29.3 Å². The molecule has 0 aromatic heterocycles. The molecule has 1 saturated carbocycles. The molecule has 2 N–H and O–H groups in total. The van der Waals surface area contributed by atoms with Crippen molar-refractivity contribution in [3.63, 3.8) is 0 Å². The maximum Gasteiger partial charge on any atom is 0.339 e. The van der Waals surface area contributed by atoms with E-state index in [9.17, 15) is 14.0 Å². The van der Waals surface area contributed by atoms with Crippen molar-refractivity contribution in [2.24, 2.45) is 0 Å². The molecule has 0 aliphatic heterocycles. The molecule has 0 heterocycles. The van der Waals surface area contributed by atoms with Gasteiger partial charge in [-0.15, -0.1) is 0 Å². The van der Waals surface area contributed by atoms with Gasteiger partial charge in [0.15, 0.2) is 11.6 Å². The normalized spacial score (nSPS) is 16.1. The van der Waals surface area contributed by atoms with E-state index < -0.39 is 23.2 Å². The van der Waals surface area contributed by atoms with Crippen LogP contribution < -0.4 is 4.74 Å². The third-order valence-electron chi connectivity index (χ3n) is 3.19. The predicted octanol–water partition coefficient (Wildman–Crippen LogP) is 1.65. The van der Waals surface area contributed by atoms with Crippen LogP contribution in [0.5, 0.6) is 5.75 Å². The number of carbonyl (C=O) groups is 2. The lowest BCUT2D eigenvalue weighted by atomic mass is 9.94. The third-order valence-corrected chi connectivity index (χ3v) is 3.19. The number of carboxylic acids is 2. The zero-order valence-electron chi connectivity index (χ0n) is 9.57. The van der Waals surface area contributed by atoms with Gasteiger partial charge in [-0.3, -0.25) is 4.79 Å². The van der Waals surface area contributed by atoms with Crippen LogP contribution in [0.15, 0.2) is 12.1 Å². The molecule has 2 rings (SSSR count). The fourth-order valence-corrected chi connectivity index (χ4v) is 1.99. The first kappa shape index (κ1) is 12.3. The lowest BCUT2D eigenvalue weighted by Crippen LogP contribution is -2.20. The predicted molar refractivity (Wildman–Crippen MR) is 58.5 cm³/mol. The first-order valence-electron chi connectivity index (χ1n) is 5.27. The van der Waals surface area contributed by atoms with E-state index in [-0.39, 0.29) is 16.9 Å². The van der Waals surface area contributed by atoms with Gasteiger partial charge in [-0.1, -0.05) is 0 Å². The van der Waals surface area contributed by atoms with E-state index in [1.54, 1.807) is 0 Å². The topological polar surface area (TPSA) is 83.8 Å². The van der Waals surface area contributed by atoms with Crippen molar-refractivity contribution in [1.82, 2.24) is 0 Å². The van der Waals surface area contributed by atoms with E-state index in [0.29, 0.717) is 12.8 Å². The van der Waals surface area contributed by atoms with Gasteiger partial charge in [-0.05, 0) is 30.5 Å². The summed E-state index contributed by atoms with van der Waals surface area (Å²) >= 11 is 0. The summed E-state index contributed by atoms with van der Waals surface area (Å²) in [5.74, 6) is -3.66. The molecule has 5 nitrogen and oxygen atoms in total. The van der Waals surface area contributed by atoms with Crippen LogP contribution in [0.25, 0.3) is 0 Å². The minimum Gasteiger partial charge on any atom is -0.493 e. The summed E-state index contributed by atoms with van der Waals surface area (Å²) in [6, 6.07) is 2.21. The van der Waals surface area contributed by atoms with E-state index in [0.717, 1.165) is 13.2 Å². The molecule has 1 aromatic rings. The van der Waals surface area contributed by atoms with Gasteiger partial charge in [-0.2, -0.15) is 0 Å². The largest absolute Gasteiger partial charge is 0.493 e. The van der Waals surface area contributed by atoms with Gasteiger partial charge in [0.1, 0.15) is 5.56 Å². The van der Waals surface area contributed by atoms with Crippen LogP contribution in [0.2, 0.25) is 0 Å². The number of benzene rings is 1. The molecule has 1 aliphatic rings. The fraction of sp³-hybridized carbons (Fsp3) is 0.333. The summed E-state index contributed by atoms with van der Waals surface area (Å²) in [6.45, 7) is 0. The number of hydrogen-bond acceptors (Lipinski definition) is 3. The number of halogens is 1. The number of carboxylic acid groups (broad SMARTS) is 2. The number of rotatable bonds is 4. The molecule has 0 atom stereocenters. The van der Waals surface area contributed by atoms with Crippen LogP contribution >= 0.6 is 0 Å². The van der Waals surface area contributed by atoms with Crippen LogP contribution in [0.4, 0.5) is 4.39 Å². The Hall–Kier alpha value is -2.11. The Bertz CT molecular complexity index is 534. The quantitative estimate of drug-likeness (QED) is 0.853. The van der Waals surface area contributed by atoms with Crippen molar-refractivity contribution in [1.29, 1.82) is 0 Å². The molecule has 0 saturated heterocycles. The minimum absolute atomic E-state index is 0.172. The van der Waals surface area contributed by atoms with Gasteiger partial charge < -0.3 is 14.9 Å². The summed E-state index contributed by atoms with van der Waals surface area (Å²) in [5, 5.41) is 18.1. The Morgan fingerprint density at radius 1 is 1.33 bits per heavy atom. The zero-order valence-corrected chi connectivity index (χ0v) is 9.57. The molecule has 1 fully saturated rings. The van der Waals surface area contributed by atoms with Crippen molar-refractivity contribution in [2.75, 3.05) is 7.11 Å². The lowest BCUT2D eigenvalue weighted by Gasteiger charge is -2.13. The molecule has 0 unspecified atom stereocenters. The van der Waals surface area contributed by atoms with Crippen LogP contribution in [0, 0.1) is 5.82 Å². The first-order chi connectivity index (χ1) is 8.42. The van der Waals surface area contributed by atoms with E-state index in [2.05, 4.69) is 4.74 Å². The van der Waals surface area contributed by atoms with Crippen LogP contribution in [0.1, 0.15) is 28.8 Å². The molecule has 6 heteroatoms. The third kappa shape index (κ3) is 1.70. The monoisotopic (exact) mass is 254 g/mol. The minimum atomic E-state index is -1.35. The molecule has 0 amide bonds. The van der Waals surface area contributed by atoms with E-state index in [4.69, 9.17) is 10.2 Å². The van der Waals surface area contributed by atoms with E-state index >= 15 is 0 Å². The summed E-state index contributed by atoms with van der Waals surface area (Å²) in [4.78, 5) is 22.1. The molecular formula is C12H11FO5. The average Bonchev–Trinajstić information content (AvgIpc) is 3.08. The lowest BCUT2D eigenvalue weighted by molar-refractivity contribution is -0.140. The van der Waals surface area contributed by atoms with Gasteiger partial charge in [0.25, 0.3) is 0 Å². The molecule has 1 aliphatic carbocycles. The van der Waals surface area contributed by atoms with Gasteiger partial charge in [-0.25, -0.2) is 9.18 Å². The Morgan fingerprint density at radius 2 is 1.94 bits per heavy atom. The summed E-state index contributed by atoms with van der Waals surface area (Å²) in [7, 11) is 1.16. The highest BCUT2D eigenvalue weighted by atomic mass is 19.1. The van der Waals surface area contributed by atoms with Crippen LogP contribution in [-0.2, 0) is 10.2 Å². The molecule has 96 valence electrons. The van der Waals surface area contributed by atoms with Crippen molar-refractivity contribution in [3.05, 3.63) is 29.1 Å². The smallest absolute Gasteiger partial charge is 0.339 e. The highest BCUT2D eigenvalue weighted by Crippen LogP contribution is 2.49. The maximum absolute atomic E-state index is 13.7. The van der Waals surface area contributed by atoms with Gasteiger partial charge in [0.05, 0.1) is 12.5 Å².